The van der Waals surface area contributed by atoms with E-state index < -0.39 is 0 Å². The van der Waals surface area contributed by atoms with Crippen LogP contribution in [-0.2, 0) is 14.1 Å². The Bertz CT molecular complexity index is 883. The molecule has 1 amide bonds. The lowest BCUT2D eigenvalue weighted by molar-refractivity contribution is 0.0706. The molecule has 0 radical (unpaired) electrons. The predicted molar refractivity (Wildman–Crippen MR) is 93.4 cm³/mol. The number of likely N-dealkylation sites (tertiary alicyclic amines) is 1. The van der Waals surface area contributed by atoms with Gasteiger partial charge in [-0.25, -0.2) is 9.48 Å². The van der Waals surface area contributed by atoms with E-state index in [4.69, 9.17) is 4.74 Å². The van der Waals surface area contributed by atoms with Crippen LogP contribution in [0.2, 0.25) is 0 Å². The van der Waals surface area contributed by atoms with E-state index in [0.717, 1.165) is 31.5 Å². The number of rotatable bonds is 4. The fourth-order valence-corrected chi connectivity index (χ4v) is 3.73. The highest BCUT2D eigenvalue weighted by Gasteiger charge is 2.34. The molecule has 0 aromatic carbocycles. The predicted octanol–water partition coefficient (Wildman–Crippen LogP) is 0.679. The van der Waals surface area contributed by atoms with Gasteiger partial charge in [-0.05, 0) is 25.7 Å². The van der Waals surface area contributed by atoms with Gasteiger partial charge in [0.1, 0.15) is 11.4 Å². The number of carbonyl (C=O) groups is 1. The number of hydrogen-bond donors (Lipinski definition) is 0. The molecule has 1 saturated heterocycles. The average molecular weight is 360 g/mol. The van der Waals surface area contributed by atoms with E-state index in [9.17, 15) is 9.59 Å². The number of carbonyl (C=O) groups excluding carboxylic acids is 1. The van der Waals surface area contributed by atoms with Gasteiger partial charge in [0.25, 0.3) is 5.91 Å². The van der Waals surface area contributed by atoms with Gasteiger partial charge in [-0.15, -0.1) is 5.10 Å². The van der Waals surface area contributed by atoms with Crippen molar-refractivity contribution >= 4 is 5.91 Å². The van der Waals surface area contributed by atoms with Crippen LogP contribution in [0.4, 0.5) is 0 Å². The molecule has 140 valence electrons. The number of nitrogens with zero attached hydrogens (tertiary/aromatic N) is 6. The summed E-state index contributed by atoms with van der Waals surface area (Å²) >= 11 is 0. The molecule has 2 aliphatic rings. The number of methoxy groups -OCH3 is 1. The van der Waals surface area contributed by atoms with Crippen molar-refractivity contribution in [1.82, 2.24) is 29.0 Å². The van der Waals surface area contributed by atoms with Gasteiger partial charge < -0.3 is 9.64 Å². The molecule has 0 unspecified atom stereocenters. The first-order valence-corrected chi connectivity index (χ1v) is 9.02. The second-order valence-electron chi connectivity index (χ2n) is 7.16. The summed E-state index contributed by atoms with van der Waals surface area (Å²) in [6, 6.07) is 0.311. The van der Waals surface area contributed by atoms with Crippen molar-refractivity contribution in [2.24, 2.45) is 14.1 Å². The summed E-state index contributed by atoms with van der Waals surface area (Å²) in [7, 11) is 4.99. The second-order valence-corrected chi connectivity index (χ2v) is 7.16. The molecular formula is C17H24N6O3. The summed E-state index contributed by atoms with van der Waals surface area (Å²) in [6.07, 6.45) is 5.40. The summed E-state index contributed by atoms with van der Waals surface area (Å²) in [5.74, 6) is 1.39. The van der Waals surface area contributed by atoms with Crippen molar-refractivity contribution in [2.75, 3.05) is 20.2 Å². The summed E-state index contributed by atoms with van der Waals surface area (Å²) < 4.78 is 10.1. The van der Waals surface area contributed by atoms with Crippen LogP contribution in [0.25, 0.3) is 0 Å². The highest BCUT2D eigenvalue weighted by molar-refractivity contribution is 5.96. The van der Waals surface area contributed by atoms with E-state index in [-0.39, 0.29) is 17.5 Å². The van der Waals surface area contributed by atoms with Gasteiger partial charge in [0.15, 0.2) is 0 Å². The van der Waals surface area contributed by atoms with E-state index in [2.05, 4.69) is 10.2 Å². The molecule has 4 rings (SSSR count). The third-order valence-electron chi connectivity index (χ3n) is 5.26. The van der Waals surface area contributed by atoms with E-state index >= 15 is 0 Å². The Labute approximate surface area is 151 Å². The third kappa shape index (κ3) is 2.81. The van der Waals surface area contributed by atoms with Crippen LogP contribution in [0.5, 0.6) is 5.88 Å². The molecule has 1 aliphatic heterocycles. The van der Waals surface area contributed by atoms with Crippen molar-refractivity contribution in [1.29, 1.82) is 0 Å². The third-order valence-corrected chi connectivity index (χ3v) is 5.26. The number of piperidine rings is 1. The lowest BCUT2D eigenvalue weighted by atomic mass is 9.95. The quantitative estimate of drug-likeness (QED) is 0.800. The van der Waals surface area contributed by atoms with Crippen molar-refractivity contribution < 1.29 is 9.53 Å². The zero-order chi connectivity index (χ0) is 18.4. The molecular weight excluding hydrogens is 336 g/mol. The molecule has 0 atom stereocenters. The monoisotopic (exact) mass is 360 g/mol. The normalized spacial score (nSPS) is 18.3. The van der Waals surface area contributed by atoms with Crippen LogP contribution < -0.4 is 10.4 Å². The van der Waals surface area contributed by atoms with Gasteiger partial charge >= 0.3 is 5.69 Å². The topological polar surface area (TPSA) is 87.2 Å². The van der Waals surface area contributed by atoms with E-state index in [1.54, 1.807) is 25.0 Å². The first kappa shape index (κ1) is 16.9. The van der Waals surface area contributed by atoms with Crippen molar-refractivity contribution in [2.45, 2.75) is 37.6 Å². The zero-order valence-electron chi connectivity index (χ0n) is 15.4. The van der Waals surface area contributed by atoms with Crippen LogP contribution in [0, 0.1) is 0 Å². The molecule has 2 fully saturated rings. The minimum Gasteiger partial charge on any atom is -0.479 e. The van der Waals surface area contributed by atoms with Gasteiger partial charge in [-0.2, -0.15) is 5.10 Å². The van der Waals surface area contributed by atoms with Crippen LogP contribution in [-0.4, -0.2) is 55.1 Å². The summed E-state index contributed by atoms with van der Waals surface area (Å²) in [4.78, 5) is 26.9. The molecule has 26 heavy (non-hydrogen) atoms. The standard InChI is InChI=1S/C17H24N6O3/c1-20-10-13(15(19-20)26-3)16(24)22-8-6-11(7-9-22)14-18-21(2)17(25)23(14)12-4-5-12/h10-12H,4-9H2,1-3H3. The highest BCUT2D eigenvalue weighted by atomic mass is 16.5. The largest absolute Gasteiger partial charge is 0.479 e. The van der Waals surface area contributed by atoms with Crippen LogP contribution in [0.1, 0.15) is 53.8 Å². The minimum absolute atomic E-state index is 0.0268. The van der Waals surface area contributed by atoms with E-state index in [0.29, 0.717) is 30.6 Å². The molecule has 0 spiro atoms. The summed E-state index contributed by atoms with van der Waals surface area (Å²) in [5.41, 5.74) is 0.460. The molecule has 9 nitrogen and oxygen atoms in total. The van der Waals surface area contributed by atoms with Gasteiger partial charge in [-0.3, -0.25) is 14.0 Å². The second kappa shape index (κ2) is 6.30. The van der Waals surface area contributed by atoms with Crippen molar-refractivity contribution in [3.8, 4) is 5.88 Å². The highest BCUT2D eigenvalue weighted by Crippen LogP contribution is 2.37. The van der Waals surface area contributed by atoms with Crippen LogP contribution in [0.3, 0.4) is 0 Å². The van der Waals surface area contributed by atoms with Crippen LogP contribution in [0.15, 0.2) is 11.0 Å². The molecule has 2 aromatic heterocycles. The summed E-state index contributed by atoms with van der Waals surface area (Å²) in [6.45, 7) is 1.27. The molecule has 1 aliphatic carbocycles. The maximum absolute atomic E-state index is 12.8. The average Bonchev–Trinajstić information content (AvgIpc) is 3.34. The fourth-order valence-electron chi connectivity index (χ4n) is 3.73. The van der Waals surface area contributed by atoms with Gasteiger partial charge in [0.05, 0.1) is 7.11 Å². The Morgan fingerprint density at radius 2 is 1.85 bits per heavy atom. The number of hydrogen-bond acceptors (Lipinski definition) is 5. The minimum atomic E-state index is -0.0611. The van der Waals surface area contributed by atoms with Crippen molar-refractivity contribution in [3.63, 3.8) is 0 Å². The van der Waals surface area contributed by atoms with Gasteiger partial charge in [0, 0.05) is 45.3 Å². The Morgan fingerprint density at radius 3 is 2.46 bits per heavy atom. The van der Waals surface area contributed by atoms with E-state index in [1.807, 2.05) is 9.47 Å². The smallest absolute Gasteiger partial charge is 0.345 e. The lowest BCUT2D eigenvalue weighted by Gasteiger charge is -2.31. The molecule has 9 heteroatoms. The molecule has 0 bridgehead atoms. The first-order chi connectivity index (χ1) is 12.5. The Hall–Kier alpha value is -2.58. The first-order valence-electron chi connectivity index (χ1n) is 9.02. The van der Waals surface area contributed by atoms with E-state index in [1.165, 1.54) is 11.8 Å². The molecule has 1 saturated carbocycles. The Balaban J connectivity index is 1.49. The number of aryl methyl sites for hydroxylation is 2. The van der Waals surface area contributed by atoms with Crippen LogP contribution >= 0.6 is 0 Å². The van der Waals surface area contributed by atoms with Crippen molar-refractivity contribution in [3.05, 3.63) is 28.1 Å². The Morgan fingerprint density at radius 1 is 1.15 bits per heavy atom. The molecule has 2 aromatic rings. The number of aromatic nitrogens is 5. The number of ether oxygens (including phenoxy) is 1. The maximum Gasteiger partial charge on any atom is 0.345 e. The van der Waals surface area contributed by atoms with Gasteiger partial charge in [-0.1, -0.05) is 0 Å². The lowest BCUT2D eigenvalue weighted by Crippen LogP contribution is -2.38. The number of amides is 1. The Kier molecular flexibility index (Phi) is 4.08. The SMILES string of the molecule is COc1nn(C)cc1C(=O)N1CCC(c2nn(C)c(=O)n2C2CC2)CC1. The molecule has 3 heterocycles. The van der Waals surface area contributed by atoms with Gasteiger partial charge in [0.2, 0.25) is 5.88 Å². The zero-order valence-corrected chi connectivity index (χ0v) is 15.4. The maximum atomic E-state index is 12.8. The molecule has 0 N–H and O–H groups in total. The summed E-state index contributed by atoms with van der Waals surface area (Å²) in [5, 5.41) is 8.64. The fraction of sp³-hybridized carbons (Fsp3) is 0.647.